The summed E-state index contributed by atoms with van der Waals surface area (Å²) in [5.74, 6) is -0.195. The van der Waals surface area contributed by atoms with Crippen LogP contribution in [-0.2, 0) is 14.4 Å². The van der Waals surface area contributed by atoms with Crippen molar-refractivity contribution in [1.82, 2.24) is 10.2 Å². The molecule has 3 heterocycles. The third-order valence-corrected chi connectivity index (χ3v) is 6.36. The Balaban J connectivity index is 1.70. The smallest absolute Gasteiger partial charge is 0.259 e. The number of amides is 3. The molecule has 1 aromatic rings. The largest absolute Gasteiger partial charge is 0.354 e. The quantitative estimate of drug-likeness (QED) is 0.821. The fraction of sp³-hybridized carbons (Fsp3) is 0.438. The standard InChI is InChI=1S/C16H16ClN3O3S/c17-10-1-2-12-11(9-10)20-14(22)3-5-16(20,24-12)15(23)19-7-4-13(21)18-6-8-19/h1-2,9H,3-8H2,(H,18,21)/t16-/m0/s1. The molecule has 0 saturated carbocycles. The van der Waals surface area contributed by atoms with Crippen molar-refractivity contribution in [2.45, 2.75) is 29.0 Å². The average molecular weight is 366 g/mol. The highest BCUT2D eigenvalue weighted by atomic mass is 35.5. The number of thioether (sulfide) groups is 1. The van der Waals surface area contributed by atoms with Crippen LogP contribution >= 0.6 is 23.4 Å². The topological polar surface area (TPSA) is 69.7 Å². The zero-order valence-electron chi connectivity index (χ0n) is 12.9. The van der Waals surface area contributed by atoms with Gasteiger partial charge in [0.2, 0.25) is 11.8 Å². The van der Waals surface area contributed by atoms with Gasteiger partial charge < -0.3 is 10.2 Å². The van der Waals surface area contributed by atoms with Crippen LogP contribution in [-0.4, -0.2) is 47.1 Å². The Hall–Kier alpha value is -1.73. The number of benzene rings is 1. The van der Waals surface area contributed by atoms with E-state index < -0.39 is 4.87 Å². The zero-order valence-corrected chi connectivity index (χ0v) is 14.5. The molecule has 2 fully saturated rings. The number of carbonyl (C=O) groups is 3. The van der Waals surface area contributed by atoms with Crippen LogP contribution in [0.15, 0.2) is 23.1 Å². The summed E-state index contributed by atoms with van der Waals surface area (Å²) >= 11 is 7.51. The maximum absolute atomic E-state index is 13.3. The number of hydrogen-bond acceptors (Lipinski definition) is 4. The summed E-state index contributed by atoms with van der Waals surface area (Å²) in [7, 11) is 0. The lowest BCUT2D eigenvalue weighted by molar-refractivity contribution is -0.134. The van der Waals surface area contributed by atoms with E-state index in [0.29, 0.717) is 49.6 Å². The summed E-state index contributed by atoms with van der Waals surface area (Å²) in [4.78, 5) is 40.6. The highest BCUT2D eigenvalue weighted by Crippen LogP contribution is 2.56. The SMILES string of the molecule is O=C1CCN(C(=O)[C@@]23CCC(=O)N2c2cc(Cl)ccc2S3)CCN1. The van der Waals surface area contributed by atoms with Gasteiger partial charge in [0.15, 0.2) is 4.87 Å². The highest BCUT2D eigenvalue weighted by Gasteiger charge is 2.58. The molecule has 0 bridgehead atoms. The van der Waals surface area contributed by atoms with Gasteiger partial charge in [-0.3, -0.25) is 19.3 Å². The Morgan fingerprint density at radius 2 is 2.08 bits per heavy atom. The third kappa shape index (κ3) is 2.29. The summed E-state index contributed by atoms with van der Waals surface area (Å²) < 4.78 is 0. The molecule has 4 rings (SSSR count). The first-order valence-electron chi connectivity index (χ1n) is 7.89. The maximum atomic E-state index is 13.3. The first-order valence-corrected chi connectivity index (χ1v) is 9.08. The van der Waals surface area contributed by atoms with Crippen LogP contribution in [0, 0.1) is 0 Å². The molecule has 1 aromatic carbocycles. The number of nitrogens with one attached hydrogen (secondary N) is 1. The van der Waals surface area contributed by atoms with E-state index in [1.165, 1.54) is 11.8 Å². The van der Waals surface area contributed by atoms with Crippen LogP contribution in [0.3, 0.4) is 0 Å². The molecule has 2 saturated heterocycles. The van der Waals surface area contributed by atoms with Crippen molar-refractivity contribution >= 4 is 46.8 Å². The van der Waals surface area contributed by atoms with Crippen LogP contribution < -0.4 is 10.2 Å². The Morgan fingerprint density at radius 1 is 1.25 bits per heavy atom. The number of rotatable bonds is 1. The molecule has 6 nitrogen and oxygen atoms in total. The fourth-order valence-corrected chi connectivity index (χ4v) is 5.16. The molecule has 3 aliphatic rings. The molecule has 0 aromatic heterocycles. The molecule has 0 aliphatic carbocycles. The van der Waals surface area contributed by atoms with E-state index in [1.807, 2.05) is 6.07 Å². The Labute approximate surface area is 148 Å². The number of carbonyl (C=O) groups excluding carboxylic acids is 3. The maximum Gasteiger partial charge on any atom is 0.259 e. The normalized spacial score (nSPS) is 26.0. The van der Waals surface area contributed by atoms with Crippen LogP contribution in [0.1, 0.15) is 19.3 Å². The van der Waals surface area contributed by atoms with Gasteiger partial charge in [-0.1, -0.05) is 23.4 Å². The first-order chi connectivity index (χ1) is 11.5. The second-order valence-corrected chi connectivity index (χ2v) is 7.88. The molecule has 1 atom stereocenters. The molecular weight excluding hydrogens is 350 g/mol. The van der Waals surface area contributed by atoms with E-state index in [9.17, 15) is 14.4 Å². The van der Waals surface area contributed by atoms with Crippen LogP contribution in [0.2, 0.25) is 5.02 Å². The Morgan fingerprint density at radius 3 is 2.92 bits per heavy atom. The second kappa shape index (κ2) is 5.67. The van der Waals surface area contributed by atoms with Crippen molar-refractivity contribution in [3.63, 3.8) is 0 Å². The number of hydrogen-bond donors (Lipinski definition) is 1. The molecule has 0 unspecified atom stereocenters. The predicted molar refractivity (Wildman–Crippen MR) is 91.0 cm³/mol. The highest BCUT2D eigenvalue weighted by molar-refractivity contribution is 8.02. The lowest BCUT2D eigenvalue weighted by Gasteiger charge is -2.34. The van der Waals surface area contributed by atoms with Crippen LogP contribution in [0.25, 0.3) is 0 Å². The van der Waals surface area contributed by atoms with E-state index >= 15 is 0 Å². The molecule has 8 heteroatoms. The van der Waals surface area contributed by atoms with Crippen molar-refractivity contribution in [3.8, 4) is 0 Å². The molecule has 3 amide bonds. The van der Waals surface area contributed by atoms with E-state index in [1.54, 1.807) is 21.9 Å². The summed E-state index contributed by atoms with van der Waals surface area (Å²) in [6.07, 6.45) is 1.11. The van der Waals surface area contributed by atoms with Gasteiger partial charge in [-0.25, -0.2) is 0 Å². The van der Waals surface area contributed by atoms with Gasteiger partial charge in [-0.2, -0.15) is 0 Å². The minimum absolute atomic E-state index is 0.0451. The second-order valence-electron chi connectivity index (χ2n) is 6.12. The summed E-state index contributed by atoms with van der Waals surface area (Å²) in [6, 6.07) is 5.37. The monoisotopic (exact) mass is 365 g/mol. The molecule has 0 radical (unpaired) electrons. The molecule has 0 spiro atoms. The van der Waals surface area contributed by atoms with E-state index in [4.69, 9.17) is 11.6 Å². The molecule has 24 heavy (non-hydrogen) atoms. The first kappa shape index (κ1) is 15.8. The zero-order chi connectivity index (χ0) is 16.9. The average Bonchev–Trinajstić information content (AvgIpc) is 2.96. The number of anilines is 1. The van der Waals surface area contributed by atoms with Crippen LogP contribution in [0.4, 0.5) is 5.69 Å². The van der Waals surface area contributed by atoms with Crippen molar-refractivity contribution in [1.29, 1.82) is 0 Å². The lowest BCUT2D eigenvalue weighted by Crippen LogP contribution is -2.54. The van der Waals surface area contributed by atoms with Gasteiger partial charge in [0.05, 0.1) is 5.69 Å². The Kier molecular flexibility index (Phi) is 3.73. The van der Waals surface area contributed by atoms with Gasteiger partial charge in [0.1, 0.15) is 0 Å². The van der Waals surface area contributed by atoms with Gasteiger partial charge in [-0.05, 0) is 24.6 Å². The molecular formula is C16H16ClN3O3S. The fourth-order valence-electron chi connectivity index (χ4n) is 3.52. The third-order valence-electron chi connectivity index (χ3n) is 4.66. The minimum atomic E-state index is -0.933. The lowest BCUT2D eigenvalue weighted by atomic mass is 10.1. The summed E-state index contributed by atoms with van der Waals surface area (Å²) in [5.41, 5.74) is 0.715. The predicted octanol–water partition coefficient (Wildman–Crippen LogP) is 1.62. The van der Waals surface area contributed by atoms with Crippen molar-refractivity contribution < 1.29 is 14.4 Å². The summed E-state index contributed by atoms with van der Waals surface area (Å²) in [5, 5.41) is 3.32. The van der Waals surface area contributed by atoms with E-state index in [0.717, 1.165) is 4.90 Å². The molecule has 3 aliphatic heterocycles. The van der Waals surface area contributed by atoms with E-state index in [2.05, 4.69) is 5.32 Å². The minimum Gasteiger partial charge on any atom is -0.354 e. The van der Waals surface area contributed by atoms with Gasteiger partial charge >= 0.3 is 0 Å². The van der Waals surface area contributed by atoms with Crippen LogP contribution in [0.5, 0.6) is 0 Å². The van der Waals surface area contributed by atoms with Gasteiger partial charge in [-0.15, -0.1) is 0 Å². The van der Waals surface area contributed by atoms with Crippen molar-refractivity contribution in [2.24, 2.45) is 0 Å². The van der Waals surface area contributed by atoms with Gasteiger partial charge in [0.25, 0.3) is 5.91 Å². The van der Waals surface area contributed by atoms with Crippen molar-refractivity contribution in [3.05, 3.63) is 23.2 Å². The molecule has 126 valence electrons. The van der Waals surface area contributed by atoms with Gasteiger partial charge in [0, 0.05) is 42.4 Å². The summed E-state index contributed by atoms with van der Waals surface area (Å²) in [6.45, 7) is 1.29. The number of nitrogens with zero attached hydrogens (tertiary/aromatic N) is 2. The van der Waals surface area contributed by atoms with E-state index in [-0.39, 0.29) is 17.7 Å². The number of halogens is 1. The molecule has 1 N–H and O–H groups in total. The number of fused-ring (bicyclic) bond motifs is 3. The van der Waals surface area contributed by atoms with Crippen molar-refractivity contribution in [2.75, 3.05) is 24.5 Å². The Bertz CT molecular complexity index is 756.